The standard InChI is InChI=1S/C15H20N4O/c1-5-15(4,14(17)20)13(16)19-12(10(2)3)11-8-6-7-9-18-11/h1,7,9H,6,8H2,2-4H3,(H2,16,19)(H2,17,20). The second-order valence-electron chi connectivity index (χ2n) is 4.98. The molecule has 0 aromatic rings. The maximum Gasteiger partial charge on any atom is 0.243 e. The van der Waals surface area contributed by atoms with Crippen LogP contribution in [0, 0.1) is 17.8 Å². The van der Waals surface area contributed by atoms with Crippen molar-refractivity contribution in [3.8, 4) is 12.3 Å². The van der Waals surface area contributed by atoms with Crippen molar-refractivity contribution in [2.45, 2.75) is 33.6 Å². The Labute approximate surface area is 119 Å². The molecule has 0 spiro atoms. The minimum Gasteiger partial charge on any atom is -0.385 e. The number of primary amides is 1. The Hall–Kier alpha value is -2.35. The average molecular weight is 272 g/mol. The van der Waals surface area contributed by atoms with Crippen molar-refractivity contribution in [2.24, 2.45) is 26.9 Å². The number of allylic oxidation sites excluding steroid dienone is 3. The van der Waals surface area contributed by atoms with E-state index in [4.69, 9.17) is 17.9 Å². The molecule has 0 saturated heterocycles. The summed E-state index contributed by atoms with van der Waals surface area (Å²) in [6.45, 7) is 5.30. The first kappa shape index (κ1) is 15.7. The molecule has 1 atom stereocenters. The zero-order valence-corrected chi connectivity index (χ0v) is 12.1. The van der Waals surface area contributed by atoms with Crippen LogP contribution in [0.1, 0.15) is 33.6 Å². The van der Waals surface area contributed by atoms with Crippen LogP contribution in [0.5, 0.6) is 0 Å². The van der Waals surface area contributed by atoms with Crippen LogP contribution in [-0.2, 0) is 4.79 Å². The van der Waals surface area contributed by atoms with Crippen LogP contribution in [0.25, 0.3) is 0 Å². The molecule has 1 heterocycles. The predicted molar refractivity (Wildman–Crippen MR) is 81.9 cm³/mol. The van der Waals surface area contributed by atoms with Gasteiger partial charge in [-0.15, -0.1) is 6.42 Å². The summed E-state index contributed by atoms with van der Waals surface area (Å²) in [6.07, 6.45) is 10.8. The summed E-state index contributed by atoms with van der Waals surface area (Å²) in [5.74, 6) is 1.64. The number of amidine groups is 1. The Morgan fingerprint density at radius 2 is 2.15 bits per heavy atom. The molecule has 5 heteroatoms. The normalized spacial score (nSPS) is 17.7. The van der Waals surface area contributed by atoms with Gasteiger partial charge in [-0.3, -0.25) is 9.79 Å². The minimum atomic E-state index is -1.40. The maximum absolute atomic E-state index is 11.5. The van der Waals surface area contributed by atoms with E-state index in [1.54, 1.807) is 6.20 Å². The van der Waals surface area contributed by atoms with Gasteiger partial charge in [-0.1, -0.05) is 12.0 Å². The third-order valence-electron chi connectivity index (χ3n) is 3.16. The quantitative estimate of drug-likeness (QED) is 0.461. The number of terminal acetylenes is 1. The number of nitrogens with zero attached hydrogens (tertiary/aromatic N) is 2. The minimum absolute atomic E-state index is 0.0148. The van der Waals surface area contributed by atoms with Crippen molar-refractivity contribution in [1.82, 2.24) is 0 Å². The van der Waals surface area contributed by atoms with Crippen LogP contribution in [0.3, 0.4) is 0 Å². The summed E-state index contributed by atoms with van der Waals surface area (Å²) in [7, 11) is 0. The Kier molecular flexibility index (Phi) is 4.87. The van der Waals surface area contributed by atoms with Crippen molar-refractivity contribution >= 4 is 17.5 Å². The van der Waals surface area contributed by atoms with E-state index in [9.17, 15) is 4.79 Å². The van der Waals surface area contributed by atoms with E-state index in [0.29, 0.717) is 5.70 Å². The number of carbonyl (C=O) groups excluding carboxylic acids is 1. The third-order valence-corrected chi connectivity index (χ3v) is 3.16. The molecule has 0 fully saturated rings. The van der Waals surface area contributed by atoms with Gasteiger partial charge in [0.05, 0.1) is 11.4 Å². The molecule has 0 saturated carbocycles. The van der Waals surface area contributed by atoms with Crippen LogP contribution in [-0.4, -0.2) is 17.5 Å². The van der Waals surface area contributed by atoms with E-state index in [2.05, 4.69) is 15.9 Å². The summed E-state index contributed by atoms with van der Waals surface area (Å²) in [5.41, 5.74) is 12.3. The second-order valence-corrected chi connectivity index (χ2v) is 4.98. The van der Waals surface area contributed by atoms with E-state index < -0.39 is 11.3 Å². The molecule has 20 heavy (non-hydrogen) atoms. The van der Waals surface area contributed by atoms with Gasteiger partial charge in [0.1, 0.15) is 5.84 Å². The maximum atomic E-state index is 11.5. The van der Waals surface area contributed by atoms with Gasteiger partial charge in [0.15, 0.2) is 5.41 Å². The van der Waals surface area contributed by atoms with Crippen LogP contribution < -0.4 is 11.5 Å². The van der Waals surface area contributed by atoms with Crippen LogP contribution in [0.15, 0.2) is 33.5 Å². The highest BCUT2D eigenvalue weighted by atomic mass is 16.1. The lowest BCUT2D eigenvalue weighted by Gasteiger charge is -2.20. The molecule has 1 aliphatic rings. The first-order chi connectivity index (χ1) is 9.32. The van der Waals surface area contributed by atoms with Gasteiger partial charge in [-0.25, -0.2) is 4.99 Å². The lowest BCUT2D eigenvalue weighted by Crippen LogP contribution is -2.44. The average Bonchev–Trinajstić information content (AvgIpc) is 2.43. The van der Waals surface area contributed by atoms with Crippen molar-refractivity contribution in [1.29, 1.82) is 0 Å². The largest absolute Gasteiger partial charge is 0.385 e. The lowest BCUT2D eigenvalue weighted by atomic mass is 9.89. The fraction of sp³-hybridized carbons (Fsp3) is 0.400. The Morgan fingerprint density at radius 3 is 2.55 bits per heavy atom. The Bertz CT molecular complexity index is 571. The molecule has 5 nitrogen and oxygen atoms in total. The van der Waals surface area contributed by atoms with E-state index >= 15 is 0 Å². The van der Waals surface area contributed by atoms with Gasteiger partial charge in [0, 0.05) is 6.20 Å². The van der Waals surface area contributed by atoms with Crippen molar-refractivity contribution in [3.63, 3.8) is 0 Å². The molecular formula is C15H20N4O. The van der Waals surface area contributed by atoms with Gasteiger partial charge in [0.2, 0.25) is 5.91 Å². The molecule has 1 rings (SSSR count). The Morgan fingerprint density at radius 1 is 1.50 bits per heavy atom. The molecule has 0 radical (unpaired) electrons. The number of amides is 1. The molecule has 0 aromatic carbocycles. The van der Waals surface area contributed by atoms with Gasteiger partial charge < -0.3 is 11.5 Å². The van der Waals surface area contributed by atoms with Crippen LogP contribution >= 0.6 is 0 Å². The first-order valence-electron chi connectivity index (χ1n) is 6.34. The Balaban J connectivity index is 3.27. The van der Waals surface area contributed by atoms with Gasteiger partial charge >= 0.3 is 0 Å². The zero-order valence-electron chi connectivity index (χ0n) is 12.1. The number of rotatable bonds is 4. The molecular weight excluding hydrogens is 252 g/mol. The number of hydrogen-bond acceptors (Lipinski definition) is 3. The highest BCUT2D eigenvalue weighted by Crippen LogP contribution is 2.20. The monoisotopic (exact) mass is 272 g/mol. The predicted octanol–water partition coefficient (Wildman–Crippen LogP) is 1.51. The molecule has 1 amide bonds. The summed E-state index contributed by atoms with van der Waals surface area (Å²) in [4.78, 5) is 20.1. The topological polar surface area (TPSA) is 93.8 Å². The van der Waals surface area contributed by atoms with Crippen molar-refractivity contribution in [2.75, 3.05) is 0 Å². The highest BCUT2D eigenvalue weighted by Gasteiger charge is 2.34. The number of carbonyl (C=O) groups is 1. The summed E-state index contributed by atoms with van der Waals surface area (Å²) in [5, 5.41) is 0. The van der Waals surface area contributed by atoms with Gasteiger partial charge in [-0.05, 0) is 39.2 Å². The highest BCUT2D eigenvalue weighted by molar-refractivity contribution is 6.11. The van der Waals surface area contributed by atoms with Crippen LogP contribution in [0.4, 0.5) is 0 Å². The molecule has 0 aliphatic carbocycles. The number of aliphatic imine (C=N–C) groups is 2. The number of hydrogen-bond donors (Lipinski definition) is 2. The molecule has 1 aliphatic heterocycles. The molecule has 4 N–H and O–H groups in total. The van der Waals surface area contributed by atoms with E-state index in [1.165, 1.54) is 6.92 Å². The number of nitrogens with two attached hydrogens (primary N) is 2. The van der Waals surface area contributed by atoms with Crippen molar-refractivity contribution < 1.29 is 4.79 Å². The molecule has 0 aromatic heterocycles. The van der Waals surface area contributed by atoms with Crippen LogP contribution in [0.2, 0.25) is 0 Å². The van der Waals surface area contributed by atoms with Gasteiger partial charge in [-0.2, -0.15) is 0 Å². The van der Waals surface area contributed by atoms with Gasteiger partial charge in [0.25, 0.3) is 0 Å². The smallest absolute Gasteiger partial charge is 0.243 e. The summed E-state index contributed by atoms with van der Waals surface area (Å²) < 4.78 is 0. The summed E-state index contributed by atoms with van der Waals surface area (Å²) >= 11 is 0. The fourth-order valence-electron chi connectivity index (χ4n) is 1.65. The molecule has 0 bridgehead atoms. The lowest BCUT2D eigenvalue weighted by molar-refractivity contribution is -0.121. The SMILES string of the molecule is C#CC(C)(C(N)=O)/C(N)=N\C(C1=NC=CCC1)=C(C)C. The van der Waals surface area contributed by atoms with Crippen molar-refractivity contribution in [3.05, 3.63) is 23.5 Å². The van der Waals surface area contributed by atoms with E-state index in [1.807, 2.05) is 19.9 Å². The molecule has 106 valence electrons. The fourth-order valence-corrected chi connectivity index (χ4v) is 1.65. The van der Waals surface area contributed by atoms with E-state index in [-0.39, 0.29) is 5.84 Å². The second kappa shape index (κ2) is 6.20. The molecule has 1 unspecified atom stereocenters. The third kappa shape index (κ3) is 3.15. The van der Waals surface area contributed by atoms with E-state index in [0.717, 1.165) is 24.1 Å². The first-order valence-corrected chi connectivity index (χ1v) is 6.34. The zero-order chi connectivity index (χ0) is 15.3. The summed E-state index contributed by atoms with van der Waals surface area (Å²) in [6, 6.07) is 0.